The molecule has 0 aliphatic rings. The summed E-state index contributed by atoms with van der Waals surface area (Å²) in [4.78, 5) is 34.3. The van der Waals surface area contributed by atoms with Gasteiger partial charge >= 0.3 is 24.0 Å². The summed E-state index contributed by atoms with van der Waals surface area (Å²) < 4.78 is 46.9. The summed E-state index contributed by atoms with van der Waals surface area (Å²) in [5, 5.41) is 1.62. The first kappa shape index (κ1) is 23.2. The van der Waals surface area contributed by atoms with E-state index < -0.39 is 30.1 Å². The highest BCUT2D eigenvalue weighted by Gasteiger charge is 2.41. The highest BCUT2D eigenvalue weighted by Crippen LogP contribution is 2.16. The Morgan fingerprint density at radius 2 is 1.52 bits per heavy atom. The second-order valence-electron chi connectivity index (χ2n) is 5.51. The molecule has 0 aliphatic carbocycles. The number of rotatable bonds is 12. The van der Waals surface area contributed by atoms with Gasteiger partial charge in [0.1, 0.15) is 6.04 Å². The quantitative estimate of drug-likeness (QED) is 0.423. The van der Waals surface area contributed by atoms with E-state index in [9.17, 15) is 27.6 Å². The van der Waals surface area contributed by atoms with Gasteiger partial charge in [0.25, 0.3) is 0 Å². The third-order valence-corrected chi connectivity index (χ3v) is 3.22. The van der Waals surface area contributed by atoms with Crippen LogP contribution in [0.3, 0.4) is 0 Å². The van der Waals surface area contributed by atoms with Crippen molar-refractivity contribution >= 4 is 17.8 Å². The van der Waals surface area contributed by atoms with Crippen LogP contribution in [0.15, 0.2) is 0 Å². The molecule has 0 aromatic rings. The Hall–Kier alpha value is -1.80. The van der Waals surface area contributed by atoms with Crippen molar-refractivity contribution in [2.75, 3.05) is 13.2 Å². The zero-order chi connectivity index (χ0) is 19.3. The predicted octanol–water partition coefficient (Wildman–Crippen LogP) is 2.89. The minimum atomic E-state index is -5.10. The van der Waals surface area contributed by atoms with Crippen molar-refractivity contribution in [1.82, 2.24) is 5.32 Å². The standard InChI is InChI=1S/C16H26F3NO5/c1-3-5-10-24-13(21)9-7-8-12(14(22)25-11-6-4-2)20-15(23)16(17,18)19/h12H,3-11H2,1-2H3,(H,20,23). The van der Waals surface area contributed by atoms with Crippen molar-refractivity contribution < 1.29 is 37.0 Å². The van der Waals surface area contributed by atoms with E-state index in [0.29, 0.717) is 6.42 Å². The second kappa shape index (κ2) is 12.5. The van der Waals surface area contributed by atoms with Gasteiger partial charge in [0.2, 0.25) is 0 Å². The first-order chi connectivity index (χ1) is 11.7. The molecular formula is C16H26F3NO5. The van der Waals surface area contributed by atoms with Gasteiger partial charge < -0.3 is 14.8 Å². The van der Waals surface area contributed by atoms with Gasteiger partial charge in [-0.1, -0.05) is 26.7 Å². The minimum absolute atomic E-state index is 0.0512. The number of esters is 2. The summed E-state index contributed by atoms with van der Waals surface area (Å²) in [5.74, 6) is -3.64. The van der Waals surface area contributed by atoms with E-state index in [1.54, 1.807) is 5.32 Å². The Balaban J connectivity index is 4.49. The molecule has 0 aromatic heterocycles. The van der Waals surface area contributed by atoms with Crippen molar-refractivity contribution in [3.8, 4) is 0 Å². The molecule has 0 rings (SSSR count). The van der Waals surface area contributed by atoms with Crippen LogP contribution >= 0.6 is 0 Å². The van der Waals surface area contributed by atoms with E-state index in [2.05, 4.69) is 0 Å². The van der Waals surface area contributed by atoms with Crippen LogP contribution in [0, 0.1) is 0 Å². The van der Waals surface area contributed by atoms with Gasteiger partial charge in [-0.15, -0.1) is 0 Å². The highest BCUT2D eigenvalue weighted by atomic mass is 19.4. The lowest BCUT2D eigenvalue weighted by atomic mass is 10.1. The number of hydrogen-bond acceptors (Lipinski definition) is 5. The van der Waals surface area contributed by atoms with Crippen LogP contribution in [0.5, 0.6) is 0 Å². The van der Waals surface area contributed by atoms with Crippen LogP contribution in [0.1, 0.15) is 58.8 Å². The minimum Gasteiger partial charge on any atom is -0.466 e. The smallest absolute Gasteiger partial charge is 0.466 e. The predicted molar refractivity (Wildman–Crippen MR) is 83.6 cm³/mol. The number of carbonyl (C=O) groups is 3. The van der Waals surface area contributed by atoms with Crippen molar-refractivity contribution in [2.45, 2.75) is 71.0 Å². The Kier molecular flexibility index (Phi) is 11.6. The summed E-state index contributed by atoms with van der Waals surface area (Å²) >= 11 is 0. The van der Waals surface area contributed by atoms with Gasteiger partial charge in [-0.3, -0.25) is 9.59 Å². The van der Waals surface area contributed by atoms with E-state index >= 15 is 0 Å². The van der Waals surface area contributed by atoms with Crippen molar-refractivity contribution in [3.05, 3.63) is 0 Å². The fourth-order valence-corrected chi connectivity index (χ4v) is 1.76. The number of ether oxygens (including phenoxy) is 2. The second-order valence-corrected chi connectivity index (χ2v) is 5.51. The van der Waals surface area contributed by atoms with E-state index in [1.807, 2.05) is 13.8 Å². The van der Waals surface area contributed by atoms with Crippen LogP contribution in [-0.2, 0) is 23.9 Å². The molecule has 6 nitrogen and oxygen atoms in total. The lowest BCUT2D eigenvalue weighted by Crippen LogP contribution is -2.47. The molecule has 146 valence electrons. The maximum atomic E-state index is 12.4. The monoisotopic (exact) mass is 369 g/mol. The van der Waals surface area contributed by atoms with Gasteiger partial charge in [-0.2, -0.15) is 13.2 Å². The lowest BCUT2D eigenvalue weighted by Gasteiger charge is -2.18. The van der Waals surface area contributed by atoms with E-state index in [1.165, 1.54) is 0 Å². The SMILES string of the molecule is CCCCOC(=O)CCCC(NC(=O)C(F)(F)F)C(=O)OCCCC. The Labute approximate surface area is 145 Å². The van der Waals surface area contributed by atoms with Crippen molar-refractivity contribution in [1.29, 1.82) is 0 Å². The fourth-order valence-electron chi connectivity index (χ4n) is 1.76. The van der Waals surface area contributed by atoms with Crippen LogP contribution < -0.4 is 5.32 Å². The molecule has 0 fully saturated rings. The van der Waals surface area contributed by atoms with Crippen LogP contribution in [0.25, 0.3) is 0 Å². The third-order valence-electron chi connectivity index (χ3n) is 3.22. The first-order valence-corrected chi connectivity index (χ1v) is 8.42. The summed E-state index contributed by atoms with van der Waals surface area (Å²) in [7, 11) is 0. The van der Waals surface area contributed by atoms with E-state index in [-0.39, 0.29) is 32.5 Å². The maximum Gasteiger partial charge on any atom is 0.471 e. The summed E-state index contributed by atoms with van der Waals surface area (Å²) in [6.45, 7) is 4.14. The Bertz CT molecular complexity index is 426. The maximum absolute atomic E-state index is 12.4. The fraction of sp³-hybridized carbons (Fsp3) is 0.812. The molecule has 1 amide bonds. The summed E-state index contributed by atoms with van der Waals surface area (Å²) in [5.41, 5.74) is 0. The zero-order valence-electron chi connectivity index (χ0n) is 14.6. The number of hydrogen-bond donors (Lipinski definition) is 1. The molecule has 0 spiro atoms. The molecule has 9 heteroatoms. The van der Waals surface area contributed by atoms with Crippen molar-refractivity contribution in [3.63, 3.8) is 0 Å². The molecule has 0 radical (unpaired) electrons. The molecule has 0 saturated heterocycles. The Morgan fingerprint density at radius 3 is 2.04 bits per heavy atom. The van der Waals surface area contributed by atoms with Gasteiger partial charge in [0.05, 0.1) is 13.2 Å². The van der Waals surface area contributed by atoms with Crippen molar-refractivity contribution in [2.24, 2.45) is 0 Å². The van der Waals surface area contributed by atoms with Gasteiger partial charge in [0, 0.05) is 6.42 Å². The largest absolute Gasteiger partial charge is 0.471 e. The average Bonchev–Trinajstić information content (AvgIpc) is 2.53. The molecule has 0 aliphatic heterocycles. The molecule has 0 heterocycles. The number of halogens is 3. The molecule has 0 bridgehead atoms. The summed E-state index contributed by atoms with van der Waals surface area (Å²) in [6, 6.07) is -1.45. The topological polar surface area (TPSA) is 81.7 Å². The van der Waals surface area contributed by atoms with Crippen LogP contribution in [0.2, 0.25) is 0 Å². The highest BCUT2D eigenvalue weighted by molar-refractivity contribution is 5.87. The number of alkyl halides is 3. The molecule has 1 N–H and O–H groups in total. The third kappa shape index (κ3) is 11.4. The zero-order valence-corrected chi connectivity index (χ0v) is 14.6. The molecular weight excluding hydrogens is 343 g/mol. The lowest BCUT2D eigenvalue weighted by molar-refractivity contribution is -0.176. The van der Waals surface area contributed by atoms with Gasteiger partial charge in [-0.25, -0.2) is 4.79 Å². The molecule has 1 atom stereocenters. The van der Waals surface area contributed by atoms with E-state index in [4.69, 9.17) is 9.47 Å². The average molecular weight is 369 g/mol. The molecule has 0 saturated carbocycles. The normalized spacial score (nSPS) is 12.4. The number of unbranched alkanes of at least 4 members (excludes halogenated alkanes) is 2. The first-order valence-electron chi connectivity index (χ1n) is 8.42. The van der Waals surface area contributed by atoms with Crippen LogP contribution in [-0.4, -0.2) is 43.3 Å². The van der Waals surface area contributed by atoms with Gasteiger partial charge in [0.15, 0.2) is 0 Å². The molecule has 1 unspecified atom stereocenters. The van der Waals surface area contributed by atoms with E-state index in [0.717, 1.165) is 19.3 Å². The number of nitrogens with one attached hydrogen (secondary N) is 1. The molecule has 0 aromatic carbocycles. The Morgan fingerprint density at radius 1 is 0.960 bits per heavy atom. The molecule has 25 heavy (non-hydrogen) atoms. The number of carbonyl (C=O) groups excluding carboxylic acids is 3. The summed E-state index contributed by atoms with van der Waals surface area (Å²) in [6.07, 6.45) is -2.30. The van der Waals surface area contributed by atoms with Crippen LogP contribution in [0.4, 0.5) is 13.2 Å². The number of amides is 1. The van der Waals surface area contributed by atoms with Gasteiger partial charge in [-0.05, 0) is 25.7 Å².